The van der Waals surface area contributed by atoms with Crippen LogP contribution in [0.5, 0.6) is 0 Å². The molecule has 0 unspecified atom stereocenters. The van der Waals surface area contributed by atoms with E-state index in [2.05, 4.69) is 0 Å². The lowest BCUT2D eigenvalue weighted by Gasteiger charge is -2.26. The van der Waals surface area contributed by atoms with Crippen molar-refractivity contribution in [2.45, 2.75) is 0 Å². The van der Waals surface area contributed by atoms with Crippen LogP contribution in [0.3, 0.4) is 0 Å². The molecule has 128 valence electrons. The van der Waals surface area contributed by atoms with Crippen molar-refractivity contribution in [3.05, 3.63) is 0 Å². The summed E-state index contributed by atoms with van der Waals surface area (Å²) in [5, 5.41) is 0.860. The van der Waals surface area contributed by atoms with E-state index in [1.807, 2.05) is 0 Å². The number of Topliss-reactive ketones (excluding diaryl/α,β-unsaturated/α-hetero) is 1. The third-order valence-corrected chi connectivity index (χ3v) is 5.50. The molecule has 0 saturated heterocycles. The van der Waals surface area contributed by atoms with E-state index in [0.717, 1.165) is 0 Å². The first-order valence-corrected chi connectivity index (χ1v) is 9.08. The molecule has 10 heteroatoms. The molecule has 0 fully saturated rings. The summed E-state index contributed by atoms with van der Waals surface area (Å²) in [6.45, 7) is -0.0436. The number of carbonyl (C=O) groups is 1. The zero-order valence-corrected chi connectivity index (χ0v) is 16.3. The Balaban J connectivity index is 4.63. The molecule has 0 rings (SSSR count). The third-order valence-electron chi connectivity index (χ3n) is 2.60. The highest BCUT2D eigenvalue weighted by molar-refractivity contribution is 7.92. The van der Waals surface area contributed by atoms with E-state index in [9.17, 15) is 13.2 Å². The van der Waals surface area contributed by atoms with Crippen molar-refractivity contribution in [2.24, 2.45) is 0 Å². The van der Waals surface area contributed by atoms with Gasteiger partial charge in [0.1, 0.15) is 11.6 Å². The molecule has 0 saturated carbocycles. The molecule has 0 bridgehead atoms. The molecule has 0 aromatic heterocycles. The molecule has 22 heavy (non-hydrogen) atoms. The maximum absolute atomic E-state index is 12.1. The Morgan fingerprint density at radius 3 is 1.68 bits per heavy atom. The van der Waals surface area contributed by atoms with Gasteiger partial charge in [0, 0.05) is 42.3 Å². The minimum absolute atomic E-state index is 0.0436. The zero-order chi connectivity index (χ0) is 17.7. The number of hydrogen-bond acceptors (Lipinski definition) is 5. The predicted octanol–water partition coefficient (Wildman–Crippen LogP) is -0.516. The lowest BCUT2D eigenvalue weighted by Crippen LogP contribution is -2.42. The lowest BCUT2D eigenvalue weighted by molar-refractivity contribution is -0.116. The highest BCUT2D eigenvalue weighted by atomic mass is 32.2. The highest BCUT2D eigenvalue weighted by Crippen LogP contribution is 2.01. The van der Waals surface area contributed by atoms with E-state index >= 15 is 0 Å². The van der Waals surface area contributed by atoms with Crippen molar-refractivity contribution < 1.29 is 13.2 Å². The minimum atomic E-state index is -3.57. The van der Waals surface area contributed by atoms with Gasteiger partial charge in [-0.25, -0.2) is 8.42 Å². The van der Waals surface area contributed by atoms with Gasteiger partial charge in [-0.15, -0.1) is 0 Å². The van der Waals surface area contributed by atoms with Gasteiger partial charge < -0.3 is 19.6 Å². The van der Waals surface area contributed by atoms with E-state index in [0.29, 0.717) is 10.2 Å². The molecule has 7 nitrogen and oxygen atoms in total. The molecule has 0 heterocycles. The second-order valence-electron chi connectivity index (χ2n) is 5.46. The Morgan fingerprint density at radius 2 is 1.27 bits per heavy atom. The van der Waals surface area contributed by atoms with Crippen molar-refractivity contribution in [2.75, 3.05) is 60.5 Å². The molecule has 0 N–H and O–H groups in total. The first-order valence-electron chi connectivity index (χ1n) is 6.44. The summed E-state index contributed by atoms with van der Waals surface area (Å²) < 4.78 is 24.1. The first kappa shape index (κ1) is 21.0. The van der Waals surface area contributed by atoms with Crippen LogP contribution in [0.15, 0.2) is 0 Å². The van der Waals surface area contributed by atoms with Crippen molar-refractivity contribution in [3.8, 4) is 0 Å². The maximum atomic E-state index is 12.1. The Hall–Kier alpha value is -1.00. The van der Waals surface area contributed by atoms with Crippen LogP contribution in [-0.2, 0) is 14.6 Å². The molecule has 0 aliphatic heterocycles. The van der Waals surface area contributed by atoms with Gasteiger partial charge in [-0.3, -0.25) is 4.79 Å². The highest BCUT2D eigenvalue weighted by Gasteiger charge is 2.22. The number of rotatable bonds is 6. The summed E-state index contributed by atoms with van der Waals surface area (Å²) in [5.41, 5.74) is 0. The summed E-state index contributed by atoms with van der Waals surface area (Å²) in [7, 11) is 6.64. The number of nitrogens with zero attached hydrogens (tertiary/aromatic N) is 4. The number of ketones is 1. The summed E-state index contributed by atoms with van der Waals surface area (Å²) in [6, 6.07) is 0. The summed E-state index contributed by atoms with van der Waals surface area (Å²) in [4.78, 5) is 18.2. The number of carbonyl (C=O) groups excluding carboxylic acids is 1. The maximum Gasteiger partial charge on any atom is 0.175 e. The molecule has 0 aliphatic rings. The molecular weight excluding hydrogens is 344 g/mol. The van der Waals surface area contributed by atoms with Crippen molar-refractivity contribution in [1.82, 2.24) is 19.6 Å². The Morgan fingerprint density at radius 1 is 0.864 bits per heavy atom. The molecule has 0 aromatic rings. The second kappa shape index (κ2) is 8.59. The van der Waals surface area contributed by atoms with Crippen molar-refractivity contribution in [1.29, 1.82) is 0 Å². The fourth-order valence-corrected chi connectivity index (χ4v) is 3.30. The molecule has 0 aliphatic carbocycles. The number of hydrogen-bond donors (Lipinski definition) is 0. The van der Waals surface area contributed by atoms with Crippen LogP contribution in [0.2, 0.25) is 0 Å². The third kappa shape index (κ3) is 7.32. The number of sulfone groups is 1. The zero-order valence-electron chi connectivity index (χ0n) is 13.9. The van der Waals surface area contributed by atoms with Gasteiger partial charge in [-0.1, -0.05) is 0 Å². The average molecular weight is 369 g/mol. The molecule has 0 aromatic carbocycles. The topological polar surface area (TPSA) is 64.2 Å². The summed E-state index contributed by atoms with van der Waals surface area (Å²) in [6.07, 6.45) is 0. The molecule has 0 radical (unpaired) electrons. The fourth-order valence-electron chi connectivity index (χ4n) is 1.70. The smallest absolute Gasteiger partial charge is 0.175 e. The average Bonchev–Trinajstić information content (AvgIpc) is 2.34. The quantitative estimate of drug-likeness (QED) is 0.577. The Kier molecular flexibility index (Phi) is 8.19. The van der Waals surface area contributed by atoms with Crippen LogP contribution in [-0.4, -0.2) is 104 Å². The van der Waals surface area contributed by atoms with E-state index in [1.165, 1.54) is 4.90 Å². The normalized spacial score (nSPS) is 10.8. The molecule has 0 spiro atoms. The van der Waals surface area contributed by atoms with Crippen LogP contribution >= 0.6 is 24.4 Å². The van der Waals surface area contributed by atoms with Gasteiger partial charge in [-0.05, 0) is 24.4 Å². The summed E-state index contributed by atoms with van der Waals surface area (Å²) >= 11 is 10.2. The van der Waals surface area contributed by atoms with E-state index < -0.39 is 21.4 Å². The van der Waals surface area contributed by atoms with Gasteiger partial charge in [0.2, 0.25) is 0 Å². The standard InChI is InChI=1S/C12H24N4O3S3/c1-13(2)11(20)15(5)7-10(17)8-22(18,19)9-16(6)12(21)14(3)4/h7-9H2,1-6H3. The minimum Gasteiger partial charge on any atom is -0.355 e. The number of likely N-dealkylation sites (N-methyl/N-ethyl adjacent to an activating group) is 1. The van der Waals surface area contributed by atoms with Crippen molar-refractivity contribution in [3.63, 3.8) is 0 Å². The fraction of sp³-hybridized carbons (Fsp3) is 0.750. The van der Waals surface area contributed by atoms with E-state index in [-0.39, 0.29) is 12.4 Å². The monoisotopic (exact) mass is 368 g/mol. The van der Waals surface area contributed by atoms with E-state index in [4.69, 9.17) is 24.4 Å². The second-order valence-corrected chi connectivity index (χ2v) is 8.23. The van der Waals surface area contributed by atoms with E-state index in [1.54, 1.807) is 57.0 Å². The largest absolute Gasteiger partial charge is 0.355 e. The first-order chi connectivity index (χ1) is 9.87. The summed E-state index contributed by atoms with van der Waals surface area (Å²) in [5.74, 6) is -1.23. The lowest BCUT2D eigenvalue weighted by atomic mass is 10.4. The van der Waals surface area contributed by atoms with Crippen LogP contribution in [0.25, 0.3) is 0 Å². The van der Waals surface area contributed by atoms with Gasteiger partial charge >= 0.3 is 0 Å². The molecule has 0 atom stereocenters. The van der Waals surface area contributed by atoms with Crippen molar-refractivity contribution >= 4 is 50.3 Å². The van der Waals surface area contributed by atoms with Gasteiger partial charge in [0.15, 0.2) is 25.8 Å². The van der Waals surface area contributed by atoms with Gasteiger partial charge in [-0.2, -0.15) is 0 Å². The molecular formula is C12H24N4O3S3. The Bertz CT molecular complexity index is 532. The predicted molar refractivity (Wildman–Crippen MR) is 96.6 cm³/mol. The van der Waals surface area contributed by atoms with Gasteiger partial charge in [0.05, 0.1) is 6.54 Å². The van der Waals surface area contributed by atoms with Gasteiger partial charge in [0.25, 0.3) is 0 Å². The van der Waals surface area contributed by atoms with Crippen LogP contribution in [0.1, 0.15) is 0 Å². The number of thiocarbonyl (C=S) groups is 2. The van der Waals surface area contributed by atoms with Crippen LogP contribution < -0.4 is 0 Å². The SMILES string of the molecule is CN(C)C(=S)N(C)CC(=O)CS(=O)(=O)CN(C)C(=S)N(C)C. The van der Waals surface area contributed by atoms with Crippen LogP contribution in [0, 0.1) is 0 Å². The van der Waals surface area contributed by atoms with Crippen LogP contribution in [0.4, 0.5) is 0 Å². The molecule has 0 amide bonds. The Labute approximate surface area is 143 Å².